The van der Waals surface area contributed by atoms with Gasteiger partial charge < -0.3 is 4.74 Å². The van der Waals surface area contributed by atoms with Crippen molar-refractivity contribution in [1.29, 1.82) is 0 Å². The van der Waals surface area contributed by atoms with Crippen molar-refractivity contribution in [3.8, 4) is 0 Å². The maximum Gasteiger partial charge on any atom is 0.309 e. The molecule has 1 fully saturated rings. The summed E-state index contributed by atoms with van der Waals surface area (Å²) in [5, 5.41) is 0. The molecule has 0 aliphatic heterocycles. The van der Waals surface area contributed by atoms with Crippen molar-refractivity contribution in [3.05, 3.63) is 12.2 Å². The fourth-order valence-corrected chi connectivity index (χ4v) is 2.20. The number of carbonyl (C=O) groups excluding carboxylic acids is 1. The van der Waals surface area contributed by atoms with E-state index in [9.17, 15) is 4.79 Å². The van der Waals surface area contributed by atoms with E-state index >= 15 is 0 Å². The first-order valence-electron chi connectivity index (χ1n) is 4.07. The third-order valence-corrected chi connectivity index (χ3v) is 2.78. The summed E-state index contributed by atoms with van der Waals surface area (Å²) in [5.74, 6) is 1.27. The molecule has 60 valence electrons. The molecular weight excluding hydrogens is 140 g/mol. The van der Waals surface area contributed by atoms with Gasteiger partial charge in [-0.25, -0.2) is 0 Å². The molecule has 3 atom stereocenters. The predicted molar refractivity (Wildman–Crippen MR) is 40.9 cm³/mol. The molecule has 0 spiro atoms. The normalized spacial score (nSPS) is 39.5. The van der Waals surface area contributed by atoms with Gasteiger partial charge in [0.2, 0.25) is 0 Å². The summed E-state index contributed by atoms with van der Waals surface area (Å²) in [4.78, 5) is 11.1. The molecule has 0 amide bonds. The summed E-state index contributed by atoms with van der Waals surface area (Å²) >= 11 is 0. The van der Waals surface area contributed by atoms with Crippen molar-refractivity contribution < 1.29 is 9.53 Å². The Morgan fingerprint density at radius 2 is 2.27 bits per heavy atom. The predicted octanol–water partition coefficient (Wildman–Crippen LogP) is 1.37. The summed E-state index contributed by atoms with van der Waals surface area (Å²) in [6.45, 7) is 0. The van der Waals surface area contributed by atoms with Crippen LogP contribution in [0, 0.1) is 17.8 Å². The van der Waals surface area contributed by atoms with E-state index in [-0.39, 0.29) is 11.9 Å². The fourth-order valence-electron chi connectivity index (χ4n) is 2.20. The molecule has 0 aromatic rings. The largest absolute Gasteiger partial charge is 0.469 e. The average molecular weight is 152 g/mol. The maximum atomic E-state index is 11.1. The van der Waals surface area contributed by atoms with Gasteiger partial charge in [-0.05, 0) is 24.7 Å². The minimum atomic E-state index is -0.0261. The van der Waals surface area contributed by atoms with Gasteiger partial charge in [-0.1, -0.05) is 12.2 Å². The number of hydrogen-bond donors (Lipinski definition) is 0. The van der Waals surface area contributed by atoms with Crippen LogP contribution in [0.1, 0.15) is 12.8 Å². The first-order valence-corrected chi connectivity index (χ1v) is 4.07. The number of rotatable bonds is 1. The molecule has 0 N–H and O–H groups in total. The molecule has 2 heteroatoms. The second-order valence-electron chi connectivity index (χ2n) is 3.41. The minimum Gasteiger partial charge on any atom is -0.469 e. The Bertz CT molecular complexity index is 208. The molecule has 0 heterocycles. The van der Waals surface area contributed by atoms with Gasteiger partial charge in [0.05, 0.1) is 13.0 Å². The van der Waals surface area contributed by atoms with E-state index in [2.05, 4.69) is 12.2 Å². The summed E-state index contributed by atoms with van der Waals surface area (Å²) in [6, 6.07) is 0. The molecular formula is C9H12O2. The molecule has 0 radical (unpaired) electrons. The van der Waals surface area contributed by atoms with E-state index in [1.807, 2.05) is 0 Å². The highest BCUT2D eigenvalue weighted by atomic mass is 16.5. The molecule has 0 aromatic heterocycles. The zero-order valence-corrected chi connectivity index (χ0v) is 6.62. The summed E-state index contributed by atoms with van der Waals surface area (Å²) in [5.41, 5.74) is 0. The zero-order chi connectivity index (χ0) is 7.84. The zero-order valence-electron chi connectivity index (χ0n) is 6.62. The van der Waals surface area contributed by atoms with Gasteiger partial charge in [0.25, 0.3) is 0 Å². The van der Waals surface area contributed by atoms with Crippen LogP contribution in [0.4, 0.5) is 0 Å². The van der Waals surface area contributed by atoms with Crippen LogP contribution in [-0.4, -0.2) is 13.1 Å². The van der Waals surface area contributed by atoms with E-state index < -0.39 is 0 Å². The maximum absolute atomic E-state index is 11.1. The molecule has 0 saturated heterocycles. The highest BCUT2D eigenvalue weighted by Gasteiger charge is 2.40. The molecule has 2 nitrogen and oxygen atoms in total. The monoisotopic (exact) mass is 152 g/mol. The topological polar surface area (TPSA) is 26.3 Å². The van der Waals surface area contributed by atoms with Gasteiger partial charge in [0.15, 0.2) is 0 Å². The summed E-state index contributed by atoms with van der Waals surface area (Å²) in [6.07, 6.45) is 6.56. The van der Waals surface area contributed by atoms with Crippen molar-refractivity contribution >= 4 is 5.97 Å². The van der Waals surface area contributed by atoms with Crippen LogP contribution in [-0.2, 0) is 9.53 Å². The van der Waals surface area contributed by atoms with Crippen molar-refractivity contribution in [3.63, 3.8) is 0 Å². The molecule has 0 aromatic carbocycles. The Hall–Kier alpha value is -0.790. The van der Waals surface area contributed by atoms with Crippen molar-refractivity contribution in [2.45, 2.75) is 12.8 Å². The van der Waals surface area contributed by atoms with Crippen LogP contribution in [0.5, 0.6) is 0 Å². The van der Waals surface area contributed by atoms with Crippen LogP contribution in [0.2, 0.25) is 0 Å². The van der Waals surface area contributed by atoms with Gasteiger partial charge in [-0.3, -0.25) is 4.79 Å². The Morgan fingerprint density at radius 1 is 1.45 bits per heavy atom. The van der Waals surface area contributed by atoms with Gasteiger partial charge in [-0.2, -0.15) is 0 Å². The highest BCUT2D eigenvalue weighted by molar-refractivity contribution is 5.73. The van der Waals surface area contributed by atoms with Crippen LogP contribution in [0.15, 0.2) is 12.2 Å². The number of ether oxygens (including phenoxy) is 1. The van der Waals surface area contributed by atoms with E-state index in [1.165, 1.54) is 13.5 Å². The molecule has 2 aliphatic rings. The van der Waals surface area contributed by atoms with E-state index in [4.69, 9.17) is 4.74 Å². The lowest BCUT2D eigenvalue weighted by molar-refractivity contribution is -0.146. The van der Waals surface area contributed by atoms with E-state index in [0.717, 1.165) is 6.42 Å². The lowest BCUT2D eigenvalue weighted by Gasteiger charge is -2.14. The third-order valence-electron chi connectivity index (χ3n) is 2.78. The second kappa shape index (κ2) is 2.36. The van der Waals surface area contributed by atoms with Crippen LogP contribution in [0.3, 0.4) is 0 Å². The van der Waals surface area contributed by atoms with Crippen LogP contribution >= 0.6 is 0 Å². The fraction of sp³-hybridized carbons (Fsp3) is 0.667. The molecule has 2 bridgehead atoms. The summed E-state index contributed by atoms with van der Waals surface area (Å²) < 4.78 is 4.71. The third kappa shape index (κ3) is 0.971. The van der Waals surface area contributed by atoms with Crippen molar-refractivity contribution in [2.24, 2.45) is 17.8 Å². The van der Waals surface area contributed by atoms with Crippen molar-refractivity contribution in [1.82, 2.24) is 0 Å². The minimum absolute atomic E-state index is 0.0261. The first-order chi connectivity index (χ1) is 5.31. The number of carbonyl (C=O) groups is 1. The lowest BCUT2D eigenvalue weighted by Crippen LogP contribution is -2.19. The molecule has 2 aliphatic carbocycles. The smallest absolute Gasteiger partial charge is 0.309 e. The van der Waals surface area contributed by atoms with E-state index in [1.54, 1.807) is 0 Å². The molecule has 1 saturated carbocycles. The summed E-state index contributed by atoms with van der Waals surface area (Å²) in [7, 11) is 1.47. The van der Waals surface area contributed by atoms with Gasteiger partial charge in [0, 0.05) is 0 Å². The first kappa shape index (κ1) is 6.89. The number of fused-ring (bicyclic) bond motifs is 2. The standard InChI is InChI=1S/C9H12O2/c1-11-9(10)8-5-6-2-3-7(8)4-6/h2-3,6-8H,4-5H2,1H3/t6-,7+,8+/m1/s1. The Kier molecular flexibility index (Phi) is 1.48. The molecule has 0 unspecified atom stereocenters. The average Bonchev–Trinajstić information content (AvgIpc) is 2.62. The number of hydrogen-bond acceptors (Lipinski definition) is 2. The number of esters is 1. The number of allylic oxidation sites excluding steroid dienone is 2. The molecule has 2 rings (SSSR count). The Morgan fingerprint density at radius 3 is 2.73 bits per heavy atom. The van der Waals surface area contributed by atoms with Crippen LogP contribution < -0.4 is 0 Å². The number of methoxy groups -OCH3 is 1. The lowest BCUT2D eigenvalue weighted by atomic mass is 9.94. The Labute approximate surface area is 66.2 Å². The SMILES string of the molecule is COC(=O)[C@H]1C[C@@H]2C=C[C@H]1C2. The quantitative estimate of drug-likeness (QED) is 0.419. The van der Waals surface area contributed by atoms with Crippen molar-refractivity contribution in [2.75, 3.05) is 7.11 Å². The van der Waals surface area contributed by atoms with Crippen LogP contribution in [0.25, 0.3) is 0 Å². The Balaban J connectivity index is 2.08. The highest BCUT2D eigenvalue weighted by Crippen LogP contribution is 2.43. The second-order valence-corrected chi connectivity index (χ2v) is 3.41. The van der Waals surface area contributed by atoms with E-state index in [0.29, 0.717) is 11.8 Å². The van der Waals surface area contributed by atoms with Gasteiger partial charge in [0.1, 0.15) is 0 Å². The van der Waals surface area contributed by atoms with Gasteiger partial charge in [-0.15, -0.1) is 0 Å². The van der Waals surface area contributed by atoms with Gasteiger partial charge >= 0.3 is 5.97 Å². The molecule has 11 heavy (non-hydrogen) atoms.